The predicted octanol–water partition coefficient (Wildman–Crippen LogP) is 4.10. The second kappa shape index (κ2) is 4.40. The van der Waals surface area contributed by atoms with Crippen molar-refractivity contribution in [1.82, 2.24) is 0 Å². The van der Waals surface area contributed by atoms with Crippen molar-refractivity contribution in [3.05, 3.63) is 12.2 Å². The van der Waals surface area contributed by atoms with Gasteiger partial charge >= 0.3 is 12.4 Å². The molecule has 1 saturated carbocycles. The first-order valence-corrected chi connectivity index (χ1v) is 5.98. The molecule has 2 rings (SSSR count). The summed E-state index contributed by atoms with van der Waals surface area (Å²) in [6, 6.07) is 0. The Hall–Kier alpha value is -0.720. The molecule has 0 amide bonds. The molecule has 0 radical (unpaired) electrons. The highest BCUT2D eigenvalue weighted by atomic mass is 19.4. The second-order valence-electron chi connectivity index (χ2n) is 5.46. The van der Waals surface area contributed by atoms with Gasteiger partial charge in [0, 0.05) is 5.92 Å². The van der Waals surface area contributed by atoms with Crippen LogP contribution < -0.4 is 0 Å². The normalized spacial score (nSPS) is 31.2. The Bertz CT molecular complexity index is 355. The van der Waals surface area contributed by atoms with Crippen LogP contribution in [0.4, 0.5) is 26.3 Å². The van der Waals surface area contributed by atoms with Gasteiger partial charge in [-0.2, -0.15) is 26.3 Å². The molecule has 2 aliphatic carbocycles. The summed E-state index contributed by atoms with van der Waals surface area (Å²) in [5.41, 5.74) is -3.81. The third kappa shape index (κ3) is 2.49. The number of rotatable bonds is 3. The second-order valence-corrected chi connectivity index (χ2v) is 5.46. The molecule has 2 unspecified atom stereocenters. The van der Waals surface area contributed by atoms with Crippen LogP contribution >= 0.6 is 0 Å². The number of halogens is 6. The van der Waals surface area contributed by atoms with E-state index in [1.807, 2.05) is 12.2 Å². The van der Waals surface area contributed by atoms with Crippen molar-refractivity contribution in [1.29, 1.82) is 0 Å². The SMILES string of the molecule is CC(CO[C@H]1CC2C=CC1C2)(C(F)(F)F)C(F)(F)F. The van der Waals surface area contributed by atoms with E-state index >= 15 is 0 Å². The van der Waals surface area contributed by atoms with Crippen molar-refractivity contribution < 1.29 is 31.1 Å². The van der Waals surface area contributed by atoms with Gasteiger partial charge in [-0.1, -0.05) is 12.2 Å². The van der Waals surface area contributed by atoms with Crippen molar-refractivity contribution in [2.75, 3.05) is 6.61 Å². The van der Waals surface area contributed by atoms with E-state index in [-0.39, 0.29) is 18.8 Å². The van der Waals surface area contributed by atoms with Crippen LogP contribution in [0.3, 0.4) is 0 Å². The average molecular weight is 288 g/mol. The van der Waals surface area contributed by atoms with Crippen molar-refractivity contribution in [3.63, 3.8) is 0 Å². The first kappa shape index (κ1) is 14.7. The Labute approximate surface area is 106 Å². The molecule has 1 nitrogen and oxygen atoms in total. The maximum atomic E-state index is 12.6. The van der Waals surface area contributed by atoms with Crippen LogP contribution in [0, 0.1) is 17.3 Å². The van der Waals surface area contributed by atoms with Crippen LogP contribution in [-0.4, -0.2) is 25.1 Å². The fourth-order valence-corrected chi connectivity index (χ4v) is 2.52. The van der Waals surface area contributed by atoms with Crippen LogP contribution in [0.25, 0.3) is 0 Å². The average Bonchev–Trinajstić information content (AvgIpc) is 2.83. The molecule has 0 heterocycles. The van der Waals surface area contributed by atoms with Crippen LogP contribution in [-0.2, 0) is 4.74 Å². The number of ether oxygens (including phenoxy) is 1. The maximum absolute atomic E-state index is 12.6. The molecule has 0 aromatic rings. The minimum atomic E-state index is -5.38. The van der Waals surface area contributed by atoms with E-state index in [2.05, 4.69) is 0 Å². The Kier molecular flexibility index (Phi) is 3.40. The lowest BCUT2D eigenvalue weighted by atomic mass is 9.90. The van der Waals surface area contributed by atoms with Crippen molar-refractivity contribution in [2.45, 2.75) is 38.2 Å². The first-order valence-electron chi connectivity index (χ1n) is 5.98. The van der Waals surface area contributed by atoms with E-state index in [9.17, 15) is 26.3 Å². The lowest BCUT2D eigenvalue weighted by Crippen LogP contribution is -2.51. The zero-order chi connectivity index (χ0) is 14.5. The fraction of sp³-hybridized carbons (Fsp3) is 0.833. The van der Waals surface area contributed by atoms with Crippen molar-refractivity contribution in [2.24, 2.45) is 17.3 Å². The van der Waals surface area contributed by atoms with E-state index < -0.39 is 30.5 Å². The summed E-state index contributed by atoms with van der Waals surface area (Å²) >= 11 is 0. The zero-order valence-corrected chi connectivity index (χ0v) is 10.2. The Morgan fingerprint density at radius 2 is 1.58 bits per heavy atom. The Morgan fingerprint density at radius 3 is 1.95 bits per heavy atom. The number of alkyl halides is 6. The molecule has 0 saturated heterocycles. The quantitative estimate of drug-likeness (QED) is 0.561. The lowest BCUT2D eigenvalue weighted by Gasteiger charge is -2.35. The molecule has 0 spiro atoms. The summed E-state index contributed by atoms with van der Waals surface area (Å²) in [4.78, 5) is 0. The van der Waals surface area contributed by atoms with E-state index in [1.54, 1.807) is 0 Å². The third-order valence-corrected chi connectivity index (χ3v) is 4.06. The molecule has 1 fully saturated rings. The van der Waals surface area contributed by atoms with E-state index in [0.29, 0.717) is 6.42 Å². The summed E-state index contributed by atoms with van der Waals surface area (Å²) in [6.45, 7) is -1.22. The summed E-state index contributed by atoms with van der Waals surface area (Å²) < 4.78 is 80.9. The summed E-state index contributed by atoms with van der Waals surface area (Å²) in [7, 11) is 0. The van der Waals surface area contributed by atoms with Crippen LogP contribution in [0.15, 0.2) is 12.2 Å². The number of hydrogen-bond donors (Lipinski definition) is 0. The molecule has 0 aromatic carbocycles. The van der Waals surface area contributed by atoms with Gasteiger partial charge in [-0.3, -0.25) is 0 Å². The summed E-state index contributed by atoms with van der Waals surface area (Å²) in [5, 5.41) is 0. The molecule has 2 bridgehead atoms. The highest BCUT2D eigenvalue weighted by Crippen LogP contribution is 2.51. The number of fused-ring (bicyclic) bond motifs is 2. The van der Waals surface area contributed by atoms with Gasteiger partial charge in [0.05, 0.1) is 12.7 Å². The van der Waals surface area contributed by atoms with E-state index in [1.165, 1.54) is 0 Å². The fourth-order valence-electron chi connectivity index (χ4n) is 2.52. The molecule has 110 valence electrons. The molecular weight excluding hydrogens is 274 g/mol. The molecular formula is C12H14F6O. The molecule has 7 heteroatoms. The number of allylic oxidation sites excluding steroid dienone is 1. The van der Waals surface area contributed by atoms with Crippen molar-refractivity contribution in [3.8, 4) is 0 Å². The van der Waals surface area contributed by atoms with Crippen LogP contribution in [0.1, 0.15) is 19.8 Å². The van der Waals surface area contributed by atoms with Gasteiger partial charge in [-0.25, -0.2) is 0 Å². The van der Waals surface area contributed by atoms with Gasteiger partial charge in [-0.05, 0) is 25.7 Å². The molecule has 3 atom stereocenters. The molecule has 2 aliphatic rings. The highest BCUT2D eigenvalue weighted by Gasteiger charge is 2.68. The molecule has 0 N–H and O–H groups in total. The lowest BCUT2D eigenvalue weighted by molar-refractivity contribution is -0.348. The van der Waals surface area contributed by atoms with Gasteiger partial charge in [-0.15, -0.1) is 0 Å². The van der Waals surface area contributed by atoms with E-state index in [4.69, 9.17) is 4.74 Å². The van der Waals surface area contributed by atoms with E-state index in [0.717, 1.165) is 6.42 Å². The van der Waals surface area contributed by atoms with Gasteiger partial charge < -0.3 is 4.74 Å². The van der Waals surface area contributed by atoms with Gasteiger partial charge in [0.2, 0.25) is 0 Å². The molecule has 0 aromatic heterocycles. The summed E-state index contributed by atoms with van der Waals surface area (Å²) in [5.74, 6) is 0.189. The topological polar surface area (TPSA) is 9.23 Å². The number of hydrogen-bond acceptors (Lipinski definition) is 1. The minimum absolute atomic E-state index is 0.0456. The van der Waals surface area contributed by atoms with Crippen LogP contribution in [0.5, 0.6) is 0 Å². The smallest absolute Gasteiger partial charge is 0.376 e. The van der Waals surface area contributed by atoms with Gasteiger partial charge in [0.25, 0.3) is 0 Å². The maximum Gasteiger partial charge on any atom is 0.405 e. The standard InChI is InChI=1S/C12H14F6O/c1-10(11(13,14)15,12(16,17)18)6-19-9-5-7-2-3-8(9)4-7/h2-3,7-9H,4-6H2,1H3/t7?,8?,9-/m0/s1. The zero-order valence-electron chi connectivity index (χ0n) is 10.2. The molecule has 19 heavy (non-hydrogen) atoms. The van der Waals surface area contributed by atoms with Gasteiger partial charge in [0.15, 0.2) is 5.41 Å². The predicted molar refractivity (Wildman–Crippen MR) is 55.3 cm³/mol. The van der Waals surface area contributed by atoms with Crippen molar-refractivity contribution >= 4 is 0 Å². The first-order chi connectivity index (χ1) is 8.54. The third-order valence-electron chi connectivity index (χ3n) is 4.06. The largest absolute Gasteiger partial charge is 0.405 e. The Balaban J connectivity index is 2.04. The monoisotopic (exact) mass is 288 g/mol. The van der Waals surface area contributed by atoms with Crippen LogP contribution in [0.2, 0.25) is 0 Å². The highest BCUT2D eigenvalue weighted by molar-refractivity contribution is 5.11. The summed E-state index contributed by atoms with van der Waals surface area (Å²) in [6.07, 6.45) is -6.25. The minimum Gasteiger partial charge on any atom is -0.376 e. The van der Waals surface area contributed by atoms with Gasteiger partial charge in [0.1, 0.15) is 0 Å². The Morgan fingerprint density at radius 1 is 1.00 bits per heavy atom. The molecule has 0 aliphatic heterocycles.